The largest absolute Gasteiger partial charge is 0.493 e. The number of anilines is 2. The molecule has 3 rings (SSSR count). The maximum Gasteiger partial charge on any atom is 0.272 e. The number of aromatic nitrogens is 3. The minimum atomic E-state index is -0.311. The first kappa shape index (κ1) is 19.9. The summed E-state index contributed by atoms with van der Waals surface area (Å²) >= 11 is 0. The number of hydrogen-bond acceptors (Lipinski definition) is 8. The predicted molar refractivity (Wildman–Crippen MR) is 107 cm³/mol. The lowest BCUT2D eigenvalue weighted by molar-refractivity contribution is 0.0945. The molecule has 0 aliphatic rings. The zero-order chi connectivity index (χ0) is 20.6. The molecule has 150 valence electrons. The molecule has 29 heavy (non-hydrogen) atoms. The zero-order valence-corrected chi connectivity index (χ0v) is 16.3. The lowest BCUT2D eigenvalue weighted by Gasteiger charge is -2.14. The van der Waals surface area contributed by atoms with Crippen molar-refractivity contribution in [2.24, 2.45) is 0 Å². The normalized spacial score (nSPS) is 10.2. The van der Waals surface area contributed by atoms with Crippen LogP contribution in [0.15, 0.2) is 48.8 Å². The van der Waals surface area contributed by atoms with E-state index >= 15 is 0 Å². The number of amides is 1. The molecule has 0 aliphatic carbocycles. The molecule has 9 heteroatoms. The van der Waals surface area contributed by atoms with Crippen LogP contribution in [-0.2, 0) is 6.54 Å². The Hall–Kier alpha value is -3.88. The minimum Gasteiger partial charge on any atom is -0.493 e. The van der Waals surface area contributed by atoms with Crippen LogP contribution >= 0.6 is 0 Å². The van der Waals surface area contributed by atoms with Crippen LogP contribution < -0.4 is 24.8 Å². The number of ether oxygens (including phenoxy) is 3. The van der Waals surface area contributed by atoms with Crippen molar-refractivity contribution in [2.45, 2.75) is 6.54 Å². The lowest BCUT2D eigenvalue weighted by atomic mass is 10.2. The fourth-order valence-corrected chi connectivity index (χ4v) is 2.59. The highest BCUT2D eigenvalue weighted by Crippen LogP contribution is 2.40. The molecule has 0 atom stereocenters. The summed E-state index contributed by atoms with van der Waals surface area (Å²) in [5.74, 6) is 1.66. The molecule has 2 N–H and O–H groups in total. The molecule has 0 radical (unpaired) electrons. The van der Waals surface area contributed by atoms with Gasteiger partial charge in [-0.3, -0.25) is 9.78 Å². The molecular formula is C20H21N5O4. The predicted octanol–water partition coefficient (Wildman–Crippen LogP) is 2.57. The summed E-state index contributed by atoms with van der Waals surface area (Å²) in [6.45, 7) is 0.383. The molecule has 1 amide bonds. The molecule has 1 aromatic carbocycles. The Bertz CT molecular complexity index is 939. The van der Waals surface area contributed by atoms with Gasteiger partial charge in [0.2, 0.25) is 5.75 Å². The van der Waals surface area contributed by atoms with E-state index in [1.165, 1.54) is 7.11 Å². The summed E-state index contributed by atoms with van der Waals surface area (Å²) in [5, 5.41) is 13.9. The van der Waals surface area contributed by atoms with E-state index in [1.807, 2.05) is 12.1 Å². The van der Waals surface area contributed by atoms with Crippen molar-refractivity contribution >= 4 is 17.4 Å². The second-order valence-corrected chi connectivity index (χ2v) is 5.88. The maximum atomic E-state index is 12.2. The van der Waals surface area contributed by atoms with Gasteiger partial charge in [0.1, 0.15) is 0 Å². The number of carbonyl (C=O) groups is 1. The van der Waals surface area contributed by atoms with Crippen molar-refractivity contribution in [1.82, 2.24) is 20.5 Å². The Balaban J connectivity index is 1.68. The minimum absolute atomic E-state index is 0.217. The van der Waals surface area contributed by atoms with E-state index in [9.17, 15) is 4.79 Å². The third-order valence-corrected chi connectivity index (χ3v) is 4.04. The molecule has 0 saturated carbocycles. The molecular weight excluding hydrogens is 374 g/mol. The van der Waals surface area contributed by atoms with Gasteiger partial charge >= 0.3 is 0 Å². The summed E-state index contributed by atoms with van der Waals surface area (Å²) in [6, 6.07) is 10.4. The van der Waals surface area contributed by atoms with Crippen LogP contribution in [0, 0.1) is 0 Å². The number of methoxy groups -OCH3 is 3. The van der Waals surface area contributed by atoms with Gasteiger partial charge in [-0.2, -0.15) is 0 Å². The van der Waals surface area contributed by atoms with Crippen molar-refractivity contribution in [1.29, 1.82) is 0 Å². The van der Waals surface area contributed by atoms with Gasteiger partial charge in [-0.25, -0.2) is 0 Å². The molecule has 0 bridgehead atoms. The van der Waals surface area contributed by atoms with Gasteiger partial charge in [0.05, 0.1) is 21.3 Å². The van der Waals surface area contributed by atoms with Gasteiger partial charge in [-0.05, 0) is 29.8 Å². The third-order valence-electron chi connectivity index (χ3n) is 4.04. The van der Waals surface area contributed by atoms with E-state index < -0.39 is 0 Å². The molecule has 0 aliphatic heterocycles. The molecule has 0 unspecified atom stereocenters. The van der Waals surface area contributed by atoms with Crippen LogP contribution in [0.3, 0.4) is 0 Å². The van der Waals surface area contributed by atoms with Crippen LogP contribution in [0.4, 0.5) is 11.5 Å². The Morgan fingerprint density at radius 1 is 0.931 bits per heavy atom. The molecule has 0 fully saturated rings. The highest BCUT2D eigenvalue weighted by atomic mass is 16.5. The van der Waals surface area contributed by atoms with E-state index in [0.717, 1.165) is 5.56 Å². The van der Waals surface area contributed by atoms with Crippen molar-refractivity contribution < 1.29 is 19.0 Å². The third kappa shape index (κ3) is 4.89. The molecule has 3 aromatic rings. The highest BCUT2D eigenvalue weighted by molar-refractivity contribution is 5.92. The Morgan fingerprint density at radius 2 is 1.62 bits per heavy atom. The Kier molecular flexibility index (Phi) is 6.41. The van der Waals surface area contributed by atoms with E-state index in [0.29, 0.717) is 35.3 Å². The van der Waals surface area contributed by atoms with Gasteiger partial charge in [0.25, 0.3) is 5.91 Å². The molecule has 2 aromatic heterocycles. The van der Waals surface area contributed by atoms with Crippen LogP contribution in [0.2, 0.25) is 0 Å². The molecule has 2 heterocycles. The first-order valence-electron chi connectivity index (χ1n) is 8.72. The van der Waals surface area contributed by atoms with Crippen molar-refractivity contribution in [3.05, 3.63) is 60.0 Å². The standard InChI is InChI=1S/C20H21N5O4/c1-27-16-10-14(11-17(28-2)19(16)29-3)23-18-5-4-15(24-25-18)20(26)22-12-13-6-8-21-9-7-13/h4-11H,12H2,1-3H3,(H,22,26)(H,23,25). The van der Waals surface area contributed by atoms with Crippen LogP contribution in [0.25, 0.3) is 0 Å². The highest BCUT2D eigenvalue weighted by Gasteiger charge is 2.14. The smallest absolute Gasteiger partial charge is 0.272 e. The van der Waals surface area contributed by atoms with Crippen LogP contribution in [-0.4, -0.2) is 42.4 Å². The van der Waals surface area contributed by atoms with Crippen LogP contribution in [0.5, 0.6) is 17.2 Å². The zero-order valence-electron chi connectivity index (χ0n) is 16.3. The summed E-state index contributed by atoms with van der Waals surface area (Å²) in [4.78, 5) is 16.2. The second-order valence-electron chi connectivity index (χ2n) is 5.88. The van der Waals surface area contributed by atoms with Gasteiger partial charge < -0.3 is 24.8 Å². The summed E-state index contributed by atoms with van der Waals surface area (Å²) < 4.78 is 16.0. The fourth-order valence-electron chi connectivity index (χ4n) is 2.59. The molecule has 0 spiro atoms. The second kappa shape index (κ2) is 9.36. The van der Waals surface area contributed by atoms with Crippen molar-refractivity contribution in [3.8, 4) is 17.2 Å². The molecule has 9 nitrogen and oxygen atoms in total. The van der Waals surface area contributed by atoms with Crippen LogP contribution in [0.1, 0.15) is 16.1 Å². The number of benzene rings is 1. The van der Waals surface area contributed by atoms with Gasteiger partial charge in [0, 0.05) is 36.8 Å². The number of hydrogen-bond donors (Lipinski definition) is 2. The van der Waals surface area contributed by atoms with Crippen molar-refractivity contribution in [3.63, 3.8) is 0 Å². The van der Waals surface area contributed by atoms with E-state index in [-0.39, 0.29) is 11.6 Å². The van der Waals surface area contributed by atoms with Gasteiger partial charge in [-0.15, -0.1) is 10.2 Å². The molecule has 0 saturated heterocycles. The number of nitrogens with zero attached hydrogens (tertiary/aromatic N) is 3. The van der Waals surface area contributed by atoms with Gasteiger partial charge in [0.15, 0.2) is 23.0 Å². The number of carbonyl (C=O) groups excluding carboxylic acids is 1. The lowest BCUT2D eigenvalue weighted by Crippen LogP contribution is -2.24. The average Bonchev–Trinajstić information content (AvgIpc) is 2.77. The van der Waals surface area contributed by atoms with E-state index in [4.69, 9.17) is 14.2 Å². The first-order valence-corrected chi connectivity index (χ1v) is 8.72. The topological polar surface area (TPSA) is 107 Å². The average molecular weight is 395 g/mol. The fraction of sp³-hybridized carbons (Fsp3) is 0.200. The van der Waals surface area contributed by atoms with E-state index in [1.54, 1.807) is 50.9 Å². The van der Waals surface area contributed by atoms with E-state index in [2.05, 4.69) is 25.8 Å². The Morgan fingerprint density at radius 3 is 2.17 bits per heavy atom. The number of nitrogens with one attached hydrogen (secondary N) is 2. The number of pyridine rings is 1. The maximum absolute atomic E-state index is 12.2. The summed E-state index contributed by atoms with van der Waals surface area (Å²) in [7, 11) is 4.62. The quantitative estimate of drug-likeness (QED) is 0.599. The summed E-state index contributed by atoms with van der Waals surface area (Å²) in [5.41, 5.74) is 1.83. The van der Waals surface area contributed by atoms with Crippen molar-refractivity contribution in [2.75, 3.05) is 26.6 Å². The monoisotopic (exact) mass is 395 g/mol. The van der Waals surface area contributed by atoms with Gasteiger partial charge in [-0.1, -0.05) is 0 Å². The SMILES string of the molecule is COc1cc(Nc2ccc(C(=O)NCc3ccncc3)nn2)cc(OC)c1OC. The summed E-state index contributed by atoms with van der Waals surface area (Å²) in [6.07, 6.45) is 3.34. The Labute approximate surface area is 168 Å². The number of rotatable bonds is 8. The first-order chi connectivity index (χ1) is 14.1.